The molecule has 0 fully saturated rings. The van der Waals surface area contributed by atoms with E-state index in [0.717, 1.165) is 12.1 Å². The molecule has 0 aliphatic heterocycles. The lowest BCUT2D eigenvalue weighted by atomic mass is 10.0. The lowest BCUT2D eigenvalue weighted by Gasteiger charge is -2.22. The van der Waals surface area contributed by atoms with Gasteiger partial charge in [-0.15, -0.1) is 0 Å². The summed E-state index contributed by atoms with van der Waals surface area (Å²) in [6, 6.07) is 5.66. The Balaban J connectivity index is 2.26. The minimum absolute atomic E-state index is 0.0444. The Morgan fingerprint density at radius 1 is 1.50 bits per heavy atom. The van der Waals surface area contributed by atoms with Crippen LogP contribution in [0.5, 0.6) is 0 Å². The van der Waals surface area contributed by atoms with Crippen molar-refractivity contribution in [1.82, 2.24) is 10.3 Å². The molecule has 0 aliphatic rings. The Morgan fingerprint density at radius 2 is 2.28 bits per heavy atom. The normalized spacial score (nSPS) is 13.9. The van der Waals surface area contributed by atoms with Crippen LogP contribution in [-0.4, -0.2) is 28.1 Å². The predicted octanol–water partition coefficient (Wildman–Crippen LogP) is 1.68. The number of aryl methyl sites for hydroxylation is 1. The molecule has 4 nitrogen and oxygen atoms in total. The Morgan fingerprint density at radius 3 is 2.89 bits per heavy atom. The number of nitrogens with zero attached hydrogens (tertiary/aromatic N) is 1. The van der Waals surface area contributed by atoms with Crippen molar-refractivity contribution in [3.8, 4) is 0 Å². The van der Waals surface area contributed by atoms with Gasteiger partial charge in [-0.1, -0.05) is 19.4 Å². The van der Waals surface area contributed by atoms with E-state index >= 15 is 0 Å². The van der Waals surface area contributed by atoms with Gasteiger partial charge in [0.15, 0.2) is 0 Å². The van der Waals surface area contributed by atoms with Gasteiger partial charge in [0.05, 0.1) is 5.60 Å². The number of carbonyl (C=O) groups excluding carboxylic acids is 1. The van der Waals surface area contributed by atoms with Crippen LogP contribution in [-0.2, 0) is 11.2 Å². The van der Waals surface area contributed by atoms with Gasteiger partial charge in [0.2, 0.25) is 5.91 Å². The molecular formula is C14H22N2O2. The zero-order valence-corrected chi connectivity index (χ0v) is 11.1. The van der Waals surface area contributed by atoms with Gasteiger partial charge in [-0.25, -0.2) is 0 Å². The average molecular weight is 250 g/mol. The summed E-state index contributed by atoms with van der Waals surface area (Å²) in [5.41, 5.74) is 0.100. The van der Waals surface area contributed by atoms with E-state index in [-0.39, 0.29) is 5.91 Å². The van der Waals surface area contributed by atoms with E-state index in [2.05, 4.69) is 10.3 Å². The second kappa shape index (κ2) is 7.11. The Kier molecular flexibility index (Phi) is 5.78. The molecule has 2 N–H and O–H groups in total. The molecule has 1 amide bonds. The van der Waals surface area contributed by atoms with E-state index in [0.29, 0.717) is 25.8 Å². The molecule has 1 unspecified atom stereocenters. The highest BCUT2D eigenvalue weighted by Gasteiger charge is 2.19. The summed E-state index contributed by atoms with van der Waals surface area (Å²) in [6.45, 7) is 4.06. The summed E-state index contributed by atoms with van der Waals surface area (Å²) in [5, 5.41) is 12.7. The molecule has 18 heavy (non-hydrogen) atoms. The fraction of sp³-hybridized carbons (Fsp3) is 0.571. The van der Waals surface area contributed by atoms with Crippen LogP contribution >= 0.6 is 0 Å². The highest BCUT2D eigenvalue weighted by Crippen LogP contribution is 2.10. The van der Waals surface area contributed by atoms with E-state index in [9.17, 15) is 9.90 Å². The van der Waals surface area contributed by atoms with Crippen LogP contribution in [0.3, 0.4) is 0 Å². The topological polar surface area (TPSA) is 62.2 Å². The first-order valence-electron chi connectivity index (χ1n) is 6.42. The van der Waals surface area contributed by atoms with Crippen molar-refractivity contribution in [2.24, 2.45) is 0 Å². The van der Waals surface area contributed by atoms with E-state index in [1.54, 1.807) is 13.1 Å². The first-order valence-corrected chi connectivity index (χ1v) is 6.42. The molecule has 1 aromatic heterocycles. The highest BCUT2D eigenvalue weighted by atomic mass is 16.3. The van der Waals surface area contributed by atoms with E-state index in [4.69, 9.17) is 0 Å². The third kappa shape index (κ3) is 5.77. The molecule has 0 aliphatic carbocycles. The fourth-order valence-corrected chi connectivity index (χ4v) is 1.79. The molecule has 0 saturated carbocycles. The molecule has 100 valence electrons. The second-order valence-electron chi connectivity index (χ2n) is 4.84. The van der Waals surface area contributed by atoms with Crippen LogP contribution in [0, 0.1) is 0 Å². The molecule has 0 aromatic carbocycles. The van der Waals surface area contributed by atoms with Gasteiger partial charge in [0.1, 0.15) is 0 Å². The highest BCUT2D eigenvalue weighted by molar-refractivity contribution is 5.76. The lowest BCUT2D eigenvalue weighted by molar-refractivity contribution is -0.122. The summed E-state index contributed by atoms with van der Waals surface area (Å²) in [4.78, 5) is 15.8. The van der Waals surface area contributed by atoms with Crippen molar-refractivity contribution in [3.63, 3.8) is 0 Å². The Bertz CT molecular complexity index is 363. The van der Waals surface area contributed by atoms with Crippen LogP contribution in [0.15, 0.2) is 24.4 Å². The summed E-state index contributed by atoms with van der Waals surface area (Å²) in [6.07, 6.45) is 4.34. The minimum atomic E-state index is -0.810. The summed E-state index contributed by atoms with van der Waals surface area (Å²) >= 11 is 0. The van der Waals surface area contributed by atoms with E-state index < -0.39 is 5.60 Å². The summed E-state index contributed by atoms with van der Waals surface area (Å²) in [5.74, 6) is -0.0444. The molecular weight excluding hydrogens is 228 g/mol. The SMILES string of the molecule is CCCC(C)(O)CNC(=O)CCc1ccccn1. The molecule has 4 heteroatoms. The van der Waals surface area contributed by atoms with Gasteiger partial charge in [-0.2, -0.15) is 0 Å². The van der Waals surface area contributed by atoms with Crippen LogP contribution < -0.4 is 5.32 Å². The zero-order chi connectivity index (χ0) is 13.4. The molecule has 0 saturated heterocycles. The summed E-state index contributed by atoms with van der Waals surface area (Å²) < 4.78 is 0. The van der Waals surface area contributed by atoms with Crippen molar-refractivity contribution in [1.29, 1.82) is 0 Å². The number of nitrogens with one attached hydrogen (secondary N) is 1. The maximum absolute atomic E-state index is 11.6. The number of hydrogen-bond donors (Lipinski definition) is 2. The van der Waals surface area contributed by atoms with Crippen molar-refractivity contribution >= 4 is 5.91 Å². The third-order valence-electron chi connectivity index (χ3n) is 2.79. The van der Waals surface area contributed by atoms with Gasteiger partial charge in [-0.05, 0) is 31.9 Å². The van der Waals surface area contributed by atoms with E-state index in [1.807, 2.05) is 25.1 Å². The standard InChI is InChI=1S/C14H22N2O2/c1-3-9-14(2,18)11-16-13(17)8-7-12-6-4-5-10-15-12/h4-6,10,18H,3,7-9,11H2,1-2H3,(H,16,17). The van der Waals surface area contributed by atoms with Crippen LogP contribution in [0.1, 0.15) is 38.8 Å². The van der Waals surface area contributed by atoms with Crippen molar-refractivity contribution in [3.05, 3.63) is 30.1 Å². The predicted molar refractivity (Wildman–Crippen MR) is 71.1 cm³/mol. The largest absolute Gasteiger partial charge is 0.388 e. The van der Waals surface area contributed by atoms with Gasteiger partial charge in [-0.3, -0.25) is 9.78 Å². The van der Waals surface area contributed by atoms with Crippen LogP contribution in [0.25, 0.3) is 0 Å². The third-order valence-corrected chi connectivity index (χ3v) is 2.79. The van der Waals surface area contributed by atoms with E-state index in [1.165, 1.54) is 0 Å². The number of hydrogen-bond acceptors (Lipinski definition) is 3. The zero-order valence-electron chi connectivity index (χ0n) is 11.1. The van der Waals surface area contributed by atoms with Gasteiger partial charge in [0.25, 0.3) is 0 Å². The Hall–Kier alpha value is -1.42. The van der Waals surface area contributed by atoms with Crippen molar-refractivity contribution in [2.45, 2.75) is 45.1 Å². The van der Waals surface area contributed by atoms with Crippen LogP contribution in [0.2, 0.25) is 0 Å². The number of carbonyl (C=O) groups is 1. The molecule has 1 atom stereocenters. The molecule has 0 radical (unpaired) electrons. The molecule has 0 spiro atoms. The maximum Gasteiger partial charge on any atom is 0.220 e. The molecule has 1 rings (SSSR count). The summed E-state index contributed by atoms with van der Waals surface area (Å²) in [7, 11) is 0. The average Bonchev–Trinajstić information content (AvgIpc) is 2.35. The van der Waals surface area contributed by atoms with Gasteiger partial charge in [0, 0.05) is 24.9 Å². The maximum atomic E-state index is 11.6. The first-order chi connectivity index (χ1) is 8.53. The number of aromatic nitrogens is 1. The number of amides is 1. The molecule has 0 bridgehead atoms. The minimum Gasteiger partial charge on any atom is -0.388 e. The van der Waals surface area contributed by atoms with Crippen molar-refractivity contribution < 1.29 is 9.90 Å². The molecule has 1 aromatic rings. The molecule has 1 heterocycles. The monoisotopic (exact) mass is 250 g/mol. The van der Waals surface area contributed by atoms with Gasteiger partial charge >= 0.3 is 0 Å². The van der Waals surface area contributed by atoms with Crippen molar-refractivity contribution in [2.75, 3.05) is 6.54 Å². The first kappa shape index (κ1) is 14.6. The number of pyridine rings is 1. The van der Waals surface area contributed by atoms with Gasteiger partial charge < -0.3 is 10.4 Å². The van der Waals surface area contributed by atoms with Crippen LogP contribution in [0.4, 0.5) is 0 Å². The quantitative estimate of drug-likeness (QED) is 0.774. The fourth-order valence-electron chi connectivity index (χ4n) is 1.79. The Labute approximate surface area is 108 Å². The second-order valence-corrected chi connectivity index (χ2v) is 4.84. The number of aliphatic hydroxyl groups is 1. The lowest BCUT2D eigenvalue weighted by Crippen LogP contribution is -2.40. The smallest absolute Gasteiger partial charge is 0.220 e. The number of rotatable bonds is 7.